The van der Waals surface area contributed by atoms with Crippen LogP contribution in [0.5, 0.6) is 5.75 Å². The van der Waals surface area contributed by atoms with Gasteiger partial charge >= 0.3 is 0 Å². The van der Waals surface area contributed by atoms with Crippen molar-refractivity contribution in [3.05, 3.63) is 29.1 Å². The minimum atomic E-state index is -0.538. The molecule has 1 rings (SSSR count). The molecule has 66 valence electrons. The minimum Gasteiger partial charge on any atom is -0.505 e. The quantitative estimate of drug-likeness (QED) is 0.683. The smallest absolute Gasteiger partial charge is 0.165 e. The van der Waals surface area contributed by atoms with Crippen LogP contribution in [0.15, 0.2) is 12.1 Å². The third-order valence-electron chi connectivity index (χ3n) is 1.96. The number of aryl methyl sites for hydroxylation is 1. The molecule has 0 radical (unpaired) electrons. The maximum absolute atomic E-state index is 12.9. The van der Waals surface area contributed by atoms with Crippen LogP contribution in [0, 0.1) is 12.7 Å². The Hall–Kier alpha value is -1.05. The highest BCUT2D eigenvalue weighted by atomic mass is 19.1. The van der Waals surface area contributed by atoms with Crippen molar-refractivity contribution in [1.29, 1.82) is 0 Å². The van der Waals surface area contributed by atoms with E-state index < -0.39 is 5.82 Å². The molecule has 0 unspecified atom stereocenters. The number of rotatable bonds is 1. The van der Waals surface area contributed by atoms with Gasteiger partial charge in [-0.2, -0.15) is 0 Å². The van der Waals surface area contributed by atoms with Gasteiger partial charge in [-0.15, -0.1) is 0 Å². The predicted molar refractivity (Wildman–Crippen MR) is 46.9 cm³/mol. The molecule has 0 saturated carbocycles. The fourth-order valence-corrected chi connectivity index (χ4v) is 1.41. The number of phenolic OH excluding ortho intramolecular Hbond substituents is 1. The Morgan fingerprint density at radius 1 is 1.33 bits per heavy atom. The van der Waals surface area contributed by atoms with Crippen LogP contribution in [0.4, 0.5) is 4.39 Å². The number of hydrogen-bond acceptors (Lipinski definition) is 1. The summed E-state index contributed by atoms with van der Waals surface area (Å²) in [5.74, 6) is -0.588. The highest BCUT2D eigenvalue weighted by molar-refractivity contribution is 5.41. The summed E-state index contributed by atoms with van der Waals surface area (Å²) >= 11 is 0. The molecule has 0 heterocycles. The van der Waals surface area contributed by atoms with Crippen molar-refractivity contribution < 1.29 is 9.50 Å². The van der Waals surface area contributed by atoms with Gasteiger partial charge in [0, 0.05) is 5.56 Å². The number of hydrogen-bond donors (Lipinski definition) is 1. The highest BCUT2D eigenvalue weighted by Gasteiger charge is 2.12. The molecular formula is C10H13FO. The molecule has 0 atom stereocenters. The molecule has 0 saturated heterocycles. The summed E-state index contributed by atoms with van der Waals surface area (Å²) in [4.78, 5) is 0. The Kier molecular flexibility index (Phi) is 2.36. The Labute approximate surface area is 71.9 Å². The molecule has 0 aromatic heterocycles. The molecule has 0 amide bonds. The van der Waals surface area contributed by atoms with E-state index in [0.29, 0.717) is 5.56 Å². The first-order valence-electron chi connectivity index (χ1n) is 4.02. The summed E-state index contributed by atoms with van der Waals surface area (Å²) in [5, 5.41) is 9.37. The lowest BCUT2D eigenvalue weighted by Crippen LogP contribution is -1.94. The van der Waals surface area contributed by atoms with Gasteiger partial charge < -0.3 is 5.11 Å². The van der Waals surface area contributed by atoms with Gasteiger partial charge in [-0.3, -0.25) is 0 Å². The second kappa shape index (κ2) is 3.13. The van der Waals surface area contributed by atoms with Crippen LogP contribution in [-0.2, 0) is 0 Å². The van der Waals surface area contributed by atoms with Crippen LogP contribution in [0.2, 0.25) is 0 Å². The van der Waals surface area contributed by atoms with Gasteiger partial charge in [0.2, 0.25) is 0 Å². The molecule has 1 aromatic rings. The van der Waals surface area contributed by atoms with Crippen LogP contribution in [0.1, 0.15) is 30.9 Å². The van der Waals surface area contributed by atoms with E-state index in [9.17, 15) is 9.50 Å². The van der Waals surface area contributed by atoms with Crippen molar-refractivity contribution in [2.45, 2.75) is 26.7 Å². The predicted octanol–water partition coefficient (Wildman–Crippen LogP) is 2.96. The molecule has 0 bridgehead atoms. The van der Waals surface area contributed by atoms with Crippen molar-refractivity contribution in [2.75, 3.05) is 0 Å². The van der Waals surface area contributed by atoms with Crippen molar-refractivity contribution in [1.82, 2.24) is 0 Å². The Bertz CT molecular complexity index is 292. The van der Waals surface area contributed by atoms with Gasteiger partial charge in [0.15, 0.2) is 11.6 Å². The summed E-state index contributed by atoms with van der Waals surface area (Å²) in [6, 6.07) is 2.97. The third kappa shape index (κ3) is 1.42. The monoisotopic (exact) mass is 168 g/mol. The van der Waals surface area contributed by atoms with Crippen LogP contribution in [-0.4, -0.2) is 5.11 Å². The van der Waals surface area contributed by atoms with E-state index in [0.717, 1.165) is 5.56 Å². The SMILES string of the molecule is Cc1ccc(F)c(O)c1C(C)C. The van der Waals surface area contributed by atoms with Crippen molar-refractivity contribution in [3.8, 4) is 5.75 Å². The molecule has 0 spiro atoms. The summed E-state index contributed by atoms with van der Waals surface area (Å²) in [6.45, 7) is 5.73. The fraction of sp³-hybridized carbons (Fsp3) is 0.400. The van der Waals surface area contributed by atoms with Crippen molar-refractivity contribution in [3.63, 3.8) is 0 Å². The Balaban J connectivity index is 3.33. The van der Waals surface area contributed by atoms with Crippen molar-refractivity contribution in [2.24, 2.45) is 0 Å². The first-order valence-corrected chi connectivity index (χ1v) is 4.02. The maximum atomic E-state index is 12.9. The standard InChI is InChI=1S/C10H13FO/c1-6(2)9-7(3)4-5-8(11)10(9)12/h4-6,12H,1-3H3. The molecule has 0 aliphatic heterocycles. The van der Waals surface area contributed by atoms with Gasteiger partial charge in [0.05, 0.1) is 0 Å². The molecule has 0 fully saturated rings. The summed E-state index contributed by atoms with van der Waals surface area (Å²) < 4.78 is 12.9. The lowest BCUT2D eigenvalue weighted by atomic mass is 9.97. The number of halogens is 1. The van der Waals surface area contributed by atoms with E-state index >= 15 is 0 Å². The summed E-state index contributed by atoms with van der Waals surface area (Å²) in [6.07, 6.45) is 0. The van der Waals surface area contributed by atoms with Gasteiger partial charge in [-0.05, 0) is 24.5 Å². The van der Waals surface area contributed by atoms with Crippen LogP contribution >= 0.6 is 0 Å². The number of benzene rings is 1. The van der Waals surface area contributed by atoms with Crippen LogP contribution in [0.25, 0.3) is 0 Å². The lowest BCUT2D eigenvalue weighted by Gasteiger charge is -2.11. The first kappa shape index (κ1) is 9.04. The summed E-state index contributed by atoms with van der Waals surface area (Å²) in [7, 11) is 0. The zero-order valence-corrected chi connectivity index (χ0v) is 7.56. The molecule has 1 nitrogen and oxygen atoms in total. The van der Waals surface area contributed by atoms with E-state index in [-0.39, 0.29) is 11.7 Å². The van der Waals surface area contributed by atoms with E-state index in [2.05, 4.69) is 0 Å². The largest absolute Gasteiger partial charge is 0.505 e. The first-order chi connectivity index (χ1) is 5.54. The zero-order valence-electron chi connectivity index (χ0n) is 7.56. The average molecular weight is 168 g/mol. The Morgan fingerprint density at radius 2 is 1.92 bits per heavy atom. The Morgan fingerprint density at radius 3 is 2.33 bits per heavy atom. The van der Waals surface area contributed by atoms with E-state index in [1.165, 1.54) is 6.07 Å². The second-order valence-corrected chi connectivity index (χ2v) is 3.28. The molecule has 0 aliphatic rings. The minimum absolute atomic E-state index is 0.153. The molecule has 12 heavy (non-hydrogen) atoms. The summed E-state index contributed by atoms with van der Waals surface area (Å²) in [5.41, 5.74) is 1.64. The number of phenols is 1. The highest BCUT2D eigenvalue weighted by Crippen LogP contribution is 2.30. The van der Waals surface area contributed by atoms with Gasteiger partial charge in [0.1, 0.15) is 0 Å². The third-order valence-corrected chi connectivity index (χ3v) is 1.96. The van der Waals surface area contributed by atoms with E-state index in [1.807, 2.05) is 20.8 Å². The molecule has 2 heteroatoms. The maximum Gasteiger partial charge on any atom is 0.165 e. The zero-order chi connectivity index (χ0) is 9.30. The lowest BCUT2D eigenvalue weighted by molar-refractivity contribution is 0.422. The second-order valence-electron chi connectivity index (χ2n) is 3.28. The average Bonchev–Trinajstić information content (AvgIpc) is 1.97. The van der Waals surface area contributed by atoms with Crippen molar-refractivity contribution >= 4 is 0 Å². The van der Waals surface area contributed by atoms with Gasteiger partial charge in [-0.1, -0.05) is 19.9 Å². The normalized spacial score (nSPS) is 10.8. The van der Waals surface area contributed by atoms with Gasteiger partial charge in [-0.25, -0.2) is 4.39 Å². The van der Waals surface area contributed by atoms with Crippen LogP contribution in [0.3, 0.4) is 0 Å². The van der Waals surface area contributed by atoms with Gasteiger partial charge in [0.25, 0.3) is 0 Å². The topological polar surface area (TPSA) is 20.2 Å². The van der Waals surface area contributed by atoms with Crippen LogP contribution < -0.4 is 0 Å². The molecule has 0 aliphatic carbocycles. The van der Waals surface area contributed by atoms with E-state index in [4.69, 9.17) is 0 Å². The molecule has 1 N–H and O–H groups in total. The van der Waals surface area contributed by atoms with E-state index in [1.54, 1.807) is 6.07 Å². The molecule has 1 aromatic carbocycles. The number of aromatic hydroxyl groups is 1. The molecular weight excluding hydrogens is 155 g/mol. The fourth-order valence-electron chi connectivity index (χ4n) is 1.41.